The number of rotatable bonds is 10. The van der Waals surface area contributed by atoms with Gasteiger partial charge in [-0.1, -0.05) is 56.1 Å². The fourth-order valence-electron chi connectivity index (χ4n) is 4.33. The van der Waals surface area contributed by atoms with Gasteiger partial charge in [-0.2, -0.15) is 4.98 Å². The number of methoxy groups -OCH3 is 3. The summed E-state index contributed by atoms with van der Waals surface area (Å²) in [5.41, 5.74) is 2.38. The van der Waals surface area contributed by atoms with E-state index in [9.17, 15) is 4.79 Å². The maximum Gasteiger partial charge on any atom is 0.247 e. The smallest absolute Gasteiger partial charge is 0.247 e. The number of anilines is 1. The van der Waals surface area contributed by atoms with Crippen molar-refractivity contribution in [1.29, 1.82) is 0 Å². The first-order valence-corrected chi connectivity index (χ1v) is 13.2. The molecule has 0 aliphatic carbocycles. The highest BCUT2D eigenvalue weighted by Gasteiger charge is 2.37. The summed E-state index contributed by atoms with van der Waals surface area (Å²) in [5, 5.41) is 9.38. The Morgan fingerprint density at radius 2 is 1.78 bits per heavy atom. The summed E-state index contributed by atoms with van der Waals surface area (Å²) in [6.07, 6.45) is 3.73. The first-order chi connectivity index (χ1) is 18.0. The number of aromatic nitrogens is 3. The number of para-hydroxylation sites is 1. The number of nitrogens with zero attached hydrogens (tertiary/aromatic N) is 4. The van der Waals surface area contributed by atoms with E-state index in [1.165, 1.54) is 40.4 Å². The molecule has 1 aromatic heterocycles. The summed E-state index contributed by atoms with van der Waals surface area (Å²) < 4.78 is 23.3. The third-order valence-electron chi connectivity index (χ3n) is 6.08. The first kappa shape index (κ1) is 26.5. The van der Waals surface area contributed by atoms with Gasteiger partial charge in [-0.05, 0) is 24.6 Å². The van der Waals surface area contributed by atoms with E-state index in [0.29, 0.717) is 50.8 Å². The van der Waals surface area contributed by atoms with Crippen LogP contribution in [0.2, 0.25) is 0 Å². The molecular weight excluding hydrogens is 492 g/mol. The van der Waals surface area contributed by atoms with Crippen LogP contribution in [-0.4, -0.2) is 48.2 Å². The van der Waals surface area contributed by atoms with E-state index in [-0.39, 0.29) is 5.91 Å². The van der Waals surface area contributed by atoms with Crippen LogP contribution in [0.5, 0.6) is 23.1 Å². The molecule has 9 nitrogen and oxygen atoms in total. The number of hydrogen-bond donors (Lipinski definition) is 0. The summed E-state index contributed by atoms with van der Waals surface area (Å²) in [4.78, 5) is 19.4. The number of amides is 1. The lowest BCUT2D eigenvalue weighted by Gasteiger charge is -2.31. The average Bonchev–Trinajstić information content (AvgIpc) is 3.06. The number of thioether (sulfide) groups is 1. The van der Waals surface area contributed by atoms with Crippen LogP contribution < -0.4 is 23.8 Å². The molecule has 0 unspecified atom stereocenters. The molecule has 0 saturated heterocycles. The van der Waals surface area contributed by atoms with Gasteiger partial charge in [-0.3, -0.25) is 9.69 Å². The summed E-state index contributed by atoms with van der Waals surface area (Å²) in [7, 11) is 4.62. The van der Waals surface area contributed by atoms with Crippen molar-refractivity contribution in [2.45, 2.75) is 50.9 Å². The Hall–Kier alpha value is -3.53. The minimum atomic E-state index is -0.909. The molecule has 2 aromatic carbocycles. The average molecular weight is 525 g/mol. The van der Waals surface area contributed by atoms with Crippen molar-refractivity contribution in [3.63, 3.8) is 0 Å². The van der Waals surface area contributed by atoms with Crippen molar-refractivity contribution in [3.05, 3.63) is 42.0 Å². The molecule has 10 heteroatoms. The maximum absolute atomic E-state index is 13.1. The third-order valence-corrected chi connectivity index (χ3v) is 7.00. The van der Waals surface area contributed by atoms with Gasteiger partial charge in [0.1, 0.15) is 0 Å². The Labute approximate surface area is 221 Å². The molecule has 196 valence electrons. The molecule has 0 radical (unpaired) electrons. The zero-order valence-electron chi connectivity index (χ0n) is 21.8. The van der Waals surface area contributed by atoms with E-state index in [1.807, 2.05) is 24.3 Å². The van der Waals surface area contributed by atoms with Crippen LogP contribution in [-0.2, 0) is 4.79 Å². The Bertz CT molecular complexity index is 1260. The highest BCUT2D eigenvalue weighted by molar-refractivity contribution is 7.99. The quantitative estimate of drug-likeness (QED) is 0.245. The molecule has 1 amide bonds. The minimum absolute atomic E-state index is 0.222. The number of carbonyl (C=O) groups is 1. The summed E-state index contributed by atoms with van der Waals surface area (Å²) in [6, 6.07) is 11.0. The Balaban J connectivity index is 1.83. The minimum Gasteiger partial charge on any atom is -0.493 e. The van der Waals surface area contributed by atoms with Crippen LogP contribution in [0.3, 0.4) is 0 Å². The first-order valence-electron chi connectivity index (χ1n) is 12.3. The summed E-state index contributed by atoms with van der Waals surface area (Å²) >= 11 is 1.55. The van der Waals surface area contributed by atoms with Crippen LogP contribution in [0.4, 0.5) is 5.69 Å². The SMILES string of the molecule is CCCCCCSc1nnc2c(n1)O[C@@H](c1ccc(OC)c(OC)c1OC)N(C(C)=O)c1ccccc1-2. The largest absolute Gasteiger partial charge is 0.493 e. The van der Waals surface area contributed by atoms with E-state index in [1.54, 1.807) is 35.9 Å². The van der Waals surface area contributed by atoms with Gasteiger partial charge < -0.3 is 18.9 Å². The normalized spacial score (nSPS) is 14.2. The highest BCUT2D eigenvalue weighted by Crippen LogP contribution is 2.48. The van der Waals surface area contributed by atoms with Crippen LogP contribution in [0.15, 0.2) is 41.6 Å². The second-order valence-electron chi connectivity index (χ2n) is 8.46. The topological polar surface area (TPSA) is 95.9 Å². The molecule has 1 atom stereocenters. The van der Waals surface area contributed by atoms with Crippen LogP contribution in [0.25, 0.3) is 11.3 Å². The van der Waals surface area contributed by atoms with E-state index in [0.717, 1.165) is 12.2 Å². The van der Waals surface area contributed by atoms with Crippen molar-refractivity contribution in [2.24, 2.45) is 0 Å². The fraction of sp³-hybridized carbons (Fsp3) is 0.407. The van der Waals surface area contributed by atoms with E-state index < -0.39 is 6.23 Å². The number of benzene rings is 2. The molecule has 0 fully saturated rings. The molecule has 1 aliphatic heterocycles. The van der Waals surface area contributed by atoms with E-state index in [4.69, 9.17) is 23.9 Å². The number of hydrogen-bond acceptors (Lipinski definition) is 9. The molecular formula is C27H32N4O5S. The third kappa shape index (κ3) is 5.44. The molecule has 0 N–H and O–H groups in total. The fourth-order valence-corrected chi connectivity index (χ4v) is 5.10. The zero-order chi connectivity index (χ0) is 26.4. The molecule has 0 spiro atoms. The van der Waals surface area contributed by atoms with Gasteiger partial charge in [0, 0.05) is 18.2 Å². The maximum atomic E-state index is 13.1. The number of unbranched alkanes of at least 4 members (excludes halogenated alkanes) is 3. The van der Waals surface area contributed by atoms with Gasteiger partial charge in [0.15, 0.2) is 17.2 Å². The van der Waals surface area contributed by atoms with E-state index >= 15 is 0 Å². The van der Waals surface area contributed by atoms with Gasteiger partial charge in [0.25, 0.3) is 0 Å². The number of carbonyl (C=O) groups excluding carboxylic acids is 1. The lowest BCUT2D eigenvalue weighted by molar-refractivity contribution is -0.118. The van der Waals surface area contributed by atoms with Crippen molar-refractivity contribution in [2.75, 3.05) is 32.0 Å². The molecule has 37 heavy (non-hydrogen) atoms. The molecule has 0 saturated carbocycles. The standard InChI is InChI=1S/C27H32N4O5S/c1-6-7-8-11-16-37-27-28-25-22(29-30-27)18-12-9-10-13-20(18)31(17(2)32)26(36-25)19-14-15-21(33-3)24(35-5)23(19)34-4/h9-10,12-15,26H,6-8,11,16H2,1-5H3/t26-/m0/s1. The van der Waals surface area contributed by atoms with Gasteiger partial charge >= 0.3 is 0 Å². The van der Waals surface area contributed by atoms with Gasteiger partial charge in [0.05, 0.1) is 32.6 Å². The zero-order valence-corrected chi connectivity index (χ0v) is 22.6. The van der Waals surface area contributed by atoms with Crippen LogP contribution >= 0.6 is 11.8 Å². The van der Waals surface area contributed by atoms with Crippen molar-refractivity contribution in [1.82, 2.24) is 15.2 Å². The van der Waals surface area contributed by atoms with Crippen molar-refractivity contribution >= 4 is 23.4 Å². The summed E-state index contributed by atoms with van der Waals surface area (Å²) in [6.45, 7) is 3.68. The lowest BCUT2D eigenvalue weighted by atomic mass is 10.1. The van der Waals surface area contributed by atoms with Gasteiger partial charge in [-0.15, -0.1) is 10.2 Å². The number of ether oxygens (including phenoxy) is 4. The lowest BCUT2D eigenvalue weighted by Crippen LogP contribution is -2.36. The second-order valence-corrected chi connectivity index (χ2v) is 9.52. The van der Waals surface area contributed by atoms with E-state index in [2.05, 4.69) is 17.1 Å². The highest BCUT2D eigenvalue weighted by atomic mass is 32.2. The monoisotopic (exact) mass is 524 g/mol. The van der Waals surface area contributed by atoms with Crippen molar-refractivity contribution in [3.8, 4) is 34.4 Å². The van der Waals surface area contributed by atoms with Crippen molar-refractivity contribution < 1.29 is 23.7 Å². The van der Waals surface area contributed by atoms with Crippen LogP contribution in [0.1, 0.15) is 51.3 Å². The Morgan fingerprint density at radius 1 is 1.00 bits per heavy atom. The molecule has 4 rings (SSSR count). The second kappa shape index (κ2) is 12.1. The molecule has 2 heterocycles. The predicted molar refractivity (Wildman–Crippen MR) is 143 cm³/mol. The molecule has 1 aliphatic rings. The summed E-state index contributed by atoms with van der Waals surface area (Å²) in [5.74, 6) is 2.26. The number of fused-ring (bicyclic) bond motifs is 3. The van der Waals surface area contributed by atoms with Crippen LogP contribution in [0, 0.1) is 0 Å². The predicted octanol–water partition coefficient (Wildman–Crippen LogP) is 5.68. The Morgan fingerprint density at radius 3 is 2.49 bits per heavy atom. The molecule has 0 bridgehead atoms. The Kier molecular flexibility index (Phi) is 8.70. The van der Waals surface area contributed by atoms with Gasteiger partial charge in [0.2, 0.25) is 28.9 Å². The molecule has 3 aromatic rings. The van der Waals surface area contributed by atoms with Gasteiger partial charge in [-0.25, -0.2) is 0 Å².